The molecule has 0 aromatic heterocycles. The Morgan fingerprint density at radius 2 is 1.72 bits per heavy atom. The van der Waals surface area contributed by atoms with Crippen molar-refractivity contribution < 1.29 is 0 Å². The molecule has 1 aromatic rings. The summed E-state index contributed by atoms with van der Waals surface area (Å²) in [6, 6.07) is 9.76. The summed E-state index contributed by atoms with van der Waals surface area (Å²) in [7, 11) is 0. The predicted octanol–water partition coefficient (Wildman–Crippen LogP) is 4.20. The van der Waals surface area contributed by atoms with Gasteiger partial charge < -0.3 is 5.32 Å². The van der Waals surface area contributed by atoms with E-state index >= 15 is 0 Å². The molecule has 18 heavy (non-hydrogen) atoms. The molecule has 1 aromatic carbocycles. The van der Waals surface area contributed by atoms with Crippen LogP contribution in [0.25, 0.3) is 0 Å². The lowest BCUT2D eigenvalue weighted by atomic mass is 10.0. The molecule has 2 aliphatic rings. The first-order valence-electron chi connectivity index (χ1n) is 7.32. The average Bonchev–Trinajstić information content (AvgIpc) is 2.57. The second-order valence-corrected chi connectivity index (χ2v) is 6.31. The Balaban J connectivity index is 1.72. The minimum Gasteiger partial charge on any atom is -0.306 e. The van der Waals surface area contributed by atoms with Gasteiger partial charge in [0.05, 0.1) is 5.38 Å². The molecule has 3 rings (SSSR count). The van der Waals surface area contributed by atoms with Crippen molar-refractivity contribution in [1.82, 2.24) is 5.32 Å². The zero-order valence-electron chi connectivity index (χ0n) is 10.9. The van der Waals surface area contributed by atoms with Gasteiger partial charge in [-0.05, 0) is 30.4 Å². The van der Waals surface area contributed by atoms with Crippen LogP contribution in [0.3, 0.4) is 0 Å². The first kappa shape index (κ1) is 12.5. The Bertz CT molecular complexity index is 396. The van der Waals surface area contributed by atoms with Gasteiger partial charge >= 0.3 is 0 Å². The van der Waals surface area contributed by atoms with Gasteiger partial charge in [0.2, 0.25) is 0 Å². The van der Waals surface area contributed by atoms with E-state index in [0.29, 0.717) is 12.1 Å². The molecular weight excluding hydrogens is 242 g/mol. The van der Waals surface area contributed by atoms with Crippen LogP contribution in [-0.4, -0.2) is 11.4 Å². The number of benzene rings is 1. The van der Waals surface area contributed by atoms with E-state index in [1.165, 1.54) is 49.7 Å². The molecule has 98 valence electrons. The third kappa shape index (κ3) is 2.57. The van der Waals surface area contributed by atoms with Crippen LogP contribution in [0.5, 0.6) is 0 Å². The molecule has 0 saturated heterocycles. The van der Waals surface area contributed by atoms with E-state index < -0.39 is 0 Å². The number of alkyl halides is 1. The topological polar surface area (TPSA) is 12.0 Å². The van der Waals surface area contributed by atoms with Crippen molar-refractivity contribution in [1.29, 1.82) is 0 Å². The van der Waals surface area contributed by atoms with Gasteiger partial charge in [-0.3, -0.25) is 0 Å². The maximum atomic E-state index is 6.54. The summed E-state index contributed by atoms with van der Waals surface area (Å²) in [6.45, 7) is 0. The first-order chi connectivity index (χ1) is 8.84. The summed E-state index contributed by atoms with van der Waals surface area (Å²) in [6.07, 6.45) is 9.22. The van der Waals surface area contributed by atoms with Crippen LogP contribution < -0.4 is 5.32 Å². The highest BCUT2D eigenvalue weighted by atomic mass is 35.5. The van der Waals surface area contributed by atoms with Gasteiger partial charge in [-0.15, -0.1) is 11.6 Å². The highest BCUT2D eigenvalue weighted by molar-refractivity contribution is 6.21. The van der Waals surface area contributed by atoms with Crippen LogP contribution in [0.1, 0.15) is 55.7 Å². The van der Waals surface area contributed by atoms with Crippen LogP contribution in [-0.2, 0) is 6.42 Å². The molecule has 0 bridgehead atoms. The highest BCUT2D eigenvalue weighted by Crippen LogP contribution is 2.35. The van der Waals surface area contributed by atoms with Crippen molar-refractivity contribution in [2.24, 2.45) is 0 Å². The number of rotatable bonds is 2. The molecule has 1 fully saturated rings. The third-order valence-electron chi connectivity index (χ3n) is 4.44. The molecule has 0 amide bonds. The number of hydrogen-bond donors (Lipinski definition) is 1. The molecule has 0 radical (unpaired) electrons. The van der Waals surface area contributed by atoms with E-state index in [0.717, 1.165) is 6.42 Å². The Kier molecular flexibility index (Phi) is 3.91. The second kappa shape index (κ2) is 5.63. The maximum Gasteiger partial charge on any atom is 0.0571 e. The molecule has 2 aliphatic carbocycles. The molecule has 2 unspecified atom stereocenters. The largest absolute Gasteiger partial charge is 0.306 e. The zero-order chi connectivity index (χ0) is 12.4. The highest BCUT2D eigenvalue weighted by Gasteiger charge is 2.32. The molecule has 0 spiro atoms. The summed E-state index contributed by atoms with van der Waals surface area (Å²) in [5, 5.41) is 4.06. The molecule has 2 heteroatoms. The van der Waals surface area contributed by atoms with Crippen molar-refractivity contribution in [3.63, 3.8) is 0 Å². The monoisotopic (exact) mass is 263 g/mol. The summed E-state index contributed by atoms with van der Waals surface area (Å²) < 4.78 is 0. The molecule has 1 nitrogen and oxygen atoms in total. The lowest BCUT2D eigenvalue weighted by Crippen LogP contribution is -2.35. The van der Waals surface area contributed by atoms with E-state index in [-0.39, 0.29) is 5.38 Å². The maximum absolute atomic E-state index is 6.54. The minimum atomic E-state index is 0.227. The van der Waals surface area contributed by atoms with Crippen molar-refractivity contribution in [3.05, 3.63) is 35.4 Å². The van der Waals surface area contributed by atoms with Crippen molar-refractivity contribution >= 4 is 11.6 Å². The standard InChI is InChI=1S/C16H22ClN/c17-15-11-12-7-5-6-10-14(12)16(15)18-13-8-3-1-2-4-9-13/h5-7,10,13,15-16,18H,1-4,8-9,11H2. The Morgan fingerprint density at radius 3 is 2.50 bits per heavy atom. The second-order valence-electron chi connectivity index (χ2n) is 5.75. The number of hydrogen-bond acceptors (Lipinski definition) is 1. The van der Waals surface area contributed by atoms with Crippen LogP contribution in [0.4, 0.5) is 0 Å². The van der Waals surface area contributed by atoms with Gasteiger partial charge in [-0.2, -0.15) is 0 Å². The van der Waals surface area contributed by atoms with Crippen molar-refractivity contribution in [2.45, 2.75) is 62.4 Å². The van der Waals surface area contributed by atoms with Crippen molar-refractivity contribution in [2.75, 3.05) is 0 Å². The number of halogens is 1. The number of fused-ring (bicyclic) bond motifs is 1. The molecule has 2 atom stereocenters. The van der Waals surface area contributed by atoms with Gasteiger partial charge in [0.1, 0.15) is 0 Å². The normalized spacial score (nSPS) is 28.9. The summed E-state index contributed by atoms with van der Waals surface area (Å²) in [5.74, 6) is 0. The third-order valence-corrected chi connectivity index (χ3v) is 4.84. The molecule has 0 aliphatic heterocycles. The quantitative estimate of drug-likeness (QED) is 0.623. The minimum absolute atomic E-state index is 0.227. The smallest absolute Gasteiger partial charge is 0.0571 e. The van der Waals surface area contributed by atoms with Gasteiger partial charge in [-0.1, -0.05) is 49.9 Å². The fourth-order valence-corrected chi connectivity index (χ4v) is 3.82. The molecular formula is C16H22ClN. The van der Waals surface area contributed by atoms with Crippen molar-refractivity contribution in [3.8, 4) is 0 Å². The van der Waals surface area contributed by atoms with E-state index in [9.17, 15) is 0 Å². The zero-order valence-corrected chi connectivity index (χ0v) is 11.6. The van der Waals surface area contributed by atoms with Crippen LogP contribution in [0.2, 0.25) is 0 Å². The average molecular weight is 264 g/mol. The Hall–Kier alpha value is -0.530. The Morgan fingerprint density at radius 1 is 1.00 bits per heavy atom. The van der Waals surface area contributed by atoms with Gasteiger partial charge in [0.25, 0.3) is 0 Å². The predicted molar refractivity (Wildman–Crippen MR) is 77.2 cm³/mol. The van der Waals surface area contributed by atoms with Gasteiger partial charge in [0.15, 0.2) is 0 Å². The van der Waals surface area contributed by atoms with Crippen LogP contribution >= 0.6 is 11.6 Å². The summed E-state index contributed by atoms with van der Waals surface area (Å²) >= 11 is 6.54. The lowest BCUT2D eigenvalue weighted by molar-refractivity contribution is 0.400. The Labute approximate surface area is 115 Å². The van der Waals surface area contributed by atoms with Gasteiger partial charge in [0, 0.05) is 12.1 Å². The van der Waals surface area contributed by atoms with E-state index in [1.54, 1.807) is 0 Å². The van der Waals surface area contributed by atoms with E-state index in [4.69, 9.17) is 11.6 Å². The SMILES string of the molecule is ClC1Cc2ccccc2C1NC1CCCCCC1. The number of nitrogens with one attached hydrogen (secondary N) is 1. The summed E-state index contributed by atoms with van der Waals surface area (Å²) in [4.78, 5) is 0. The van der Waals surface area contributed by atoms with Crippen LogP contribution in [0.15, 0.2) is 24.3 Å². The van der Waals surface area contributed by atoms with E-state index in [2.05, 4.69) is 29.6 Å². The fraction of sp³-hybridized carbons (Fsp3) is 0.625. The van der Waals surface area contributed by atoms with E-state index in [1.807, 2.05) is 0 Å². The summed E-state index contributed by atoms with van der Waals surface area (Å²) in [5.41, 5.74) is 2.87. The fourth-order valence-electron chi connectivity index (χ4n) is 3.44. The lowest BCUT2D eigenvalue weighted by Gasteiger charge is -2.24. The molecule has 0 heterocycles. The van der Waals surface area contributed by atoms with Crippen LogP contribution in [0, 0.1) is 0 Å². The molecule has 1 N–H and O–H groups in total. The van der Waals surface area contributed by atoms with Gasteiger partial charge in [-0.25, -0.2) is 0 Å². The first-order valence-corrected chi connectivity index (χ1v) is 7.76. The molecule has 1 saturated carbocycles.